The highest BCUT2D eigenvalue weighted by atomic mass is 32.2. The summed E-state index contributed by atoms with van der Waals surface area (Å²) in [5.74, 6) is 1.64. The summed E-state index contributed by atoms with van der Waals surface area (Å²) in [7, 11) is 0. The second-order valence-electron chi connectivity index (χ2n) is 5.60. The van der Waals surface area contributed by atoms with Crippen LogP contribution in [0.4, 0.5) is 13.2 Å². The molecule has 0 aromatic heterocycles. The fourth-order valence-electron chi connectivity index (χ4n) is 2.19. The maximum absolute atomic E-state index is 12.5. The van der Waals surface area contributed by atoms with E-state index in [1.807, 2.05) is 0 Å². The molecule has 116 valence electrons. The Balaban J connectivity index is 1.90. The predicted octanol–water partition coefficient (Wildman–Crippen LogP) is 4.31. The van der Waals surface area contributed by atoms with Crippen molar-refractivity contribution in [1.82, 2.24) is 5.32 Å². The molecule has 1 aromatic carbocycles. The number of benzene rings is 1. The topological polar surface area (TPSA) is 24.4 Å². The van der Waals surface area contributed by atoms with Crippen molar-refractivity contribution in [2.45, 2.75) is 39.0 Å². The molecule has 1 atom stereocenters. The molecule has 0 spiro atoms. The summed E-state index contributed by atoms with van der Waals surface area (Å²) < 4.78 is 37.4. The third kappa shape index (κ3) is 4.95. The van der Waals surface area contributed by atoms with Gasteiger partial charge in [-0.2, -0.15) is 13.2 Å². The molecule has 2 rings (SSSR count). The van der Waals surface area contributed by atoms with Crippen molar-refractivity contribution in [2.75, 3.05) is 5.75 Å². The smallest absolute Gasteiger partial charge is 0.361 e. The molecule has 2 nitrogen and oxygen atoms in total. The lowest BCUT2D eigenvalue weighted by Gasteiger charge is -2.11. The van der Waals surface area contributed by atoms with Crippen LogP contribution in [0.15, 0.2) is 29.3 Å². The van der Waals surface area contributed by atoms with Gasteiger partial charge in [-0.1, -0.05) is 37.7 Å². The van der Waals surface area contributed by atoms with Gasteiger partial charge in [-0.05, 0) is 30.0 Å². The number of halogens is 3. The summed E-state index contributed by atoms with van der Waals surface area (Å²) in [6.45, 7) is 4.77. The highest BCUT2D eigenvalue weighted by molar-refractivity contribution is 8.14. The summed E-state index contributed by atoms with van der Waals surface area (Å²) in [5, 5.41) is 4.25. The highest BCUT2D eigenvalue weighted by Gasteiger charge is 2.29. The van der Waals surface area contributed by atoms with Crippen molar-refractivity contribution in [3.05, 3.63) is 35.4 Å². The fraction of sp³-hybridized carbons (Fsp3) is 0.533. The Hall–Kier alpha value is -1.17. The fourth-order valence-corrected chi connectivity index (χ4v) is 3.17. The zero-order valence-corrected chi connectivity index (χ0v) is 12.9. The highest BCUT2D eigenvalue weighted by Crippen LogP contribution is 2.29. The van der Waals surface area contributed by atoms with E-state index in [0.29, 0.717) is 18.5 Å². The van der Waals surface area contributed by atoms with E-state index < -0.39 is 11.7 Å². The molecule has 1 aliphatic heterocycles. The quantitative estimate of drug-likeness (QED) is 0.895. The minimum absolute atomic E-state index is 0.405. The Morgan fingerprint density at radius 1 is 1.29 bits per heavy atom. The number of amidine groups is 1. The number of nitrogens with one attached hydrogen (secondary N) is 1. The van der Waals surface area contributed by atoms with Gasteiger partial charge in [0.25, 0.3) is 0 Å². The maximum atomic E-state index is 12.5. The van der Waals surface area contributed by atoms with Crippen LogP contribution in [0.3, 0.4) is 0 Å². The molecule has 0 bridgehead atoms. The number of hydrogen-bond donors (Lipinski definition) is 1. The van der Waals surface area contributed by atoms with Crippen molar-refractivity contribution < 1.29 is 13.2 Å². The second-order valence-corrected chi connectivity index (χ2v) is 6.61. The first-order valence-electron chi connectivity index (χ1n) is 6.94. The molecular formula is C15H19F3N2S. The van der Waals surface area contributed by atoms with Crippen molar-refractivity contribution in [2.24, 2.45) is 10.9 Å². The molecular weight excluding hydrogens is 297 g/mol. The van der Waals surface area contributed by atoms with Crippen LogP contribution in [0.2, 0.25) is 0 Å². The lowest BCUT2D eigenvalue weighted by molar-refractivity contribution is -0.137. The number of nitrogens with zero attached hydrogens (tertiary/aromatic N) is 1. The van der Waals surface area contributed by atoms with Gasteiger partial charge >= 0.3 is 6.18 Å². The van der Waals surface area contributed by atoms with Crippen molar-refractivity contribution in [3.63, 3.8) is 0 Å². The molecule has 21 heavy (non-hydrogen) atoms. The van der Waals surface area contributed by atoms with Crippen LogP contribution in [0.25, 0.3) is 0 Å². The van der Waals surface area contributed by atoms with Crippen LogP contribution in [-0.2, 0) is 12.7 Å². The molecule has 1 aromatic rings. The number of hydrogen-bond acceptors (Lipinski definition) is 2. The van der Waals surface area contributed by atoms with Crippen LogP contribution >= 0.6 is 11.8 Å². The largest absolute Gasteiger partial charge is 0.416 e. The van der Waals surface area contributed by atoms with Gasteiger partial charge in [0, 0.05) is 11.8 Å². The molecule has 6 heteroatoms. The van der Waals surface area contributed by atoms with Crippen molar-refractivity contribution >= 4 is 16.9 Å². The Kier molecular flexibility index (Phi) is 5.19. The molecule has 1 saturated heterocycles. The van der Waals surface area contributed by atoms with E-state index in [9.17, 15) is 13.2 Å². The Labute approximate surface area is 127 Å². The summed E-state index contributed by atoms with van der Waals surface area (Å²) in [5.41, 5.74) is 0.162. The molecule has 0 amide bonds. The molecule has 1 heterocycles. The van der Waals surface area contributed by atoms with Crippen molar-refractivity contribution in [1.29, 1.82) is 0 Å². The minimum atomic E-state index is -4.28. The molecule has 1 fully saturated rings. The lowest BCUT2D eigenvalue weighted by atomic mass is 10.1. The zero-order chi connectivity index (χ0) is 15.5. The third-order valence-corrected chi connectivity index (χ3v) is 4.28. The number of thioether (sulfide) groups is 1. The van der Waals surface area contributed by atoms with Crippen molar-refractivity contribution in [3.8, 4) is 0 Å². The Bertz CT molecular complexity index is 495. The summed E-state index contributed by atoms with van der Waals surface area (Å²) >= 11 is 1.68. The molecule has 1 N–H and O–H groups in total. The van der Waals surface area contributed by atoms with Gasteiger partial charge in [0.1, 0.15) is 0 Å². The van der Waals surface area contributed by atoms with E-state index in [1.165, 1.54) is 12.1 Å². The first-order valence-corrected chi connectivity index (χ1v) is 7.93. The van der Waals surface area contributed by atoms with Crippen LogP contribution in [0.1, 0.15) is 31.4 Å². The van der Waals surface area contributed by atoms with Gasteiger partial charge in [-0.3, -0.25) is 4.99 Å². The Morgan fingerprint density at radius 2 is 1.95 bits per heavy atom. The van der Waals surface area contributed by atoms with Crippen LogP contribution in [0.5, 0.6) is 0 Å². The SMILES string of the molecule is CC(C)CC1CSC(=NCc2ccc(C(F)(F)F)cc2)N1. The number of alkyl halides is 3. The maximum Gasteiger partial charge on any atom is 0.416 e. The van der Waals surface area contributed by atoms with E-state index in [2.05, 4.69) is 24.2 Å². The first kappa shape index (κ1) is 16.2. The minimum Gasteiger partial charge on any atom is -0.361 e. The molecule has 1 unspecified atom stereocenters. The van der Waals surface area contributed by atoms with Gasteiger partial charge in [0.05, 0.1) is 12.1 Å². The van der Waals surface area contributed by atoms with E-state index in [4.69, 9.17) is 0 Å². The van der Waals surface area contributed by atoms with Crippen LogP contribution in [-0.4, -0.2) is 17.0 Å². The van der Waals surface area contributed by atoms with Gasteiger partial charge in [0.15, 0.2) is 5.17 Å². The summed E-state index contributed by atoms with van der Waals surface area (Å²) in [6.07, 6.45) is -3.18. The lowest BCUT2D eigenvalue weighted by Crippen LogP contribution is -2.28. The number of aliphatic imine (C=N–C) groups is 1. The van der Waals surface area contributed by atoms with E-state index >= 15 is 0 Å². The monoisotopic (exact) mass is 316 g/mol. The van der Waals surface area contributed by atoms with E-state index in [0.717, 1.165) is 35.0 Å². The van der Waals surface area contributed by atoms with E-state index in [-0.39, 0.29) is 0 Å². The van der Waals surface area contributed by atoms with Gasteiger partial charge in [-0.25, -0.2) is 0 Å². The average molecular weight is 316 g/mol. The average Bonchev–Trinajstić information content (AvgIpc) is 2.82. The van der Waals surface area contributed by atoms with Crippen LogP contribution < -0.4 is 5.32 Å². The molecule has 0 aliphatic carbocycles. The van der Waals surface area contributed by atoms with Gasteiger partial charge < -0.3 is 5.32 Å². The summed E-state index contributed by atoms with van der Waals surface area (Å²) in [6, 6.07) is 5.62. The third-order valence-electron chi connectivity index (χ3n) is 3.19. The molecule has 0 saturated carbocycles. The van der Waals surface area contributed by atoms with Gasteiger partial charge in [0.2, 0.25) is 0 Å². The van der Waals surface area contributed by atoms with E-state index in [1.54, 1.807) is 11.8 Å². The zero-order valence-electron chi connectivity index (χ0n) is 12.1. The normalized spacial score (nSPS) is 21.0. The first-order chi connectivity index (χ1) is 9.84. The van der Waals surface area contributed by atoms with Gasteiger partial charge in [-0.15, -0.1) is 0 Å². The predicted molar refractivity (Wildman–Crippen MR) is 81.4 cm³/mol. The molecule has 0 radical (unpaired) electrons. The standard InChI is InChI=1S/C15H19F3N2S/c1-10(2)7-13-9-21-14(20-13)19-8-11-3-5-12(6-4-11)15(16,17)18/h3-6,10,13H,7-9H2,1-2H3,(H,19,20). The Morgan fingerprint density at radius 3 is 2.52 bits per heavy atom. The summed E-state index contributed by atoms with van der Waals surface area (Å²) in [4.78, 5) is 4.43. The van der Waals surface area contributed by atoms with Crippen LogP contribution in [0, 0.1) is 5.92 Å². The second kappa shape index (κ2) is 6.73. The molecule has 1 aliphatic rings. The number of rotatable bonds is 4.